The van der Waals surface area contributed by atoms with Gasteiger partial charge in [-0.3, -0.25) is 9.36 Å². The van der Waals surface area contributed by atoms with E-state index in [1.807, 2.05) is 0 Å². The topological polar surface area (TPSA) is 48.3 Å². The third-order valence-electron chi connectivity index (χ3n) is 1.69. The Balaban J connectivity index is 3.04. The van der Waals surface area contributed by atoms with Crippen molar-refractivity contribution >= 4 is 12.2 Å². The van der Waals surface area contributed by atoms with Crippen molar-refractivity contribution < 1.29 is 9.53 Å². The highest BCUT2D eigenvalue weighted by atomic mass is 16.5. The van der Waals surface area contributed by atoms with Crippen LogP contribution in [0.15, 0.2) is 34.8 Å². The summed E-state index contributed by atoms with van der Waals surface area (Å²) >= 11 is 0. The molecule has 0 radical (unpaired) electrons. The van der Waals surface area contributed by atoms with E-state index in [0.29, 0.717) is 5.57 Å². The maximum Gasteiger partial charge on any atom is 0.334 e. The number of aromatic nitrogens is 1. The van der Waals surface area contributed by atoms with E-state index in [1.165, 1.54) is 23.9 Å². The fraction of sp³-hybridized carbons (Fsp3) is 0.200. The summed E-state index contributed by atoms with van der Waals surface area (Å²) in [6.07, 6.45) is 3.02. The molecule has 4 nitrogen and oxygen atoms in total. The van der Waals surface area contributed by atoms with Crippen LogP contribution < -0.4 is 5.56 Å². The lowest BCUT2D eigenvalue weighted by Gasteiger charge is -2.00. The zero-order valence-corrected chi connectivity index (χ0v) is 8.06. The fourth-order valence-electron chi connectivity index (χ4n) is 0.969. The monoisotopic (exact) mass is 193 g/mol. The number of methoxy groups -OCH3 is 1. The summed E-state index contributed by atoms with van der Waals surface area (Å²) in [4.78, 5) is 22.3. The Labute approximate surface area is 81.4 Å². The highest BCUT2D eigenvalue weighted by Gasteiger charge is 2.02. The van der Waals surface area contributed by atoms with Crippen LogP contribution in [0.3, 0.4) is 0 Å². The van der Waals surface area contributed by atoms with Gasteiger partial charge in [-0.15, -0.1) is 0 Å². The highest BCUT2D eigenvalue weighted by molar-refractivity contribution is 5.90. The van der Waals surface area contributed by atoms with Crippen molar-refractivity contribution in [1.29, 1.82) is 0 Å². The van der Waals surface area contributed by atoms with Crippen LogP contribution in [0.4, 0.5) is 0 Å². The second-order valence-corrected chi connectivity index (χ2v) is 2.75. The van der Waals surface area contributed by atoms with Crippen LogP contribution in [-0.4, -0.2) is 17.6 Å². The van der Waals surface area contributed by atoms with E-state index in [0.717, 1.165) is 0 Å². The van der Waals surface area contributed by atoms with Gasteiger partial charge in [0.25, 0.3) is 5.56 Å². The van der Waals surface area contributed by atoms with Crippen LogP contribution in [0.2, 0.25) is 0 Å². The summed E-state index contributed by atoms with van der Waals surface area (Å²) in [5.74, 6) is -0.444. The Morgan fingerprint density at radius 2 is 2.21 bits per heavy atom. The molecule has 0 saturated heterocycles. The first-order valence-electron chi connectivity index (χ1n) is 4.09. The first-order chi connectivity index (χ1) is 6.65. The summed E-state index contributed by atoms with van der Waals surface area (Å²) in [5, 5.41) is 0. The Morgan fingerprint density at radius 1 is 1.50 bits per heavy atom. The Morgan fingerprint density at radius 3 is 2.79 bits per heavy atom. The third kappa shape index (κ3) is 2.32. The van der Waals surface area contributed by atoms with Crippen LogP contribution in [0.5, 0.6) is 0 Å². The van der Waals surface area contributed by atoms with Gasteiger partial charge in [0.2, 0.25) is 0 Å². The van der Waals surface area contributed by atoms with Gasteiger partial charge < -0.3 is 4.74 Å². The molecule has 0 saturated carbocycles. The van der Waals surface area contributed by atoms with Gasteiger partial charge in [0.05, 0.1) is 12.7 Å². The zero-order valence-electron chi connectivity index (χ0n) is 8.06. The molecule has 0 atom stereocenters. The average Bonchev–Trinajstić information content (AvgIpc) is 2.20. The van der Waals surface area contributed by atoms with Gasteiger partial charge in [-0.25, -0.2) is 4.79 Å². The lowest BCUT2D eigenvalue weighted by molar-refractivity contribution is -0.135. The maximum atomic E-state index is 11.2. The van der Waals surface area contributed by atoms with Gasteiger partial charge in [-0.2, -0.15) is 0 Å². The molecule has 0 N–H and O–H groups in total. The molecule has 0 aliphatic carbocycles. The summed E-state index contributed by atoms with van der Waals surface area (Å²) in [6, 6.07) is 4.77. The number of esters is 1. The number of rotatable bonds is 2. The highest BCUT2D eigenvalue weighted by Crippen LogP contribution is 1.97. The molecule has 1 aromatic rings. The van der Waals surface area contributed by atoms with Crippen LogP contribution >= 0.6 is 0 Å². The predicted octanol–water partition coefficient (Wildman–Crippen LogP) is 0.882. The van der Waals surface area contributed by atoms with Crippen LogP contribution in [0, 0.1) is 0 Å². The van der Waals surface area contributed by atoms with Crippen LogP contribution in [-0.2, 0) is 9.53 Å². The summed E-state index contributed by atoms with van der Waals surface area (Å²) in [6.45, 7) is 1.59. The minimum atomic E-state index is -0.444. The molecule has 1 heterocycles. The minimum absolute atomic E-state index is 0.184. The van der Waals surface area contributed by atoms with E-state index in [2.05, 4.69) is 4.74 Å². The maximum absolute atomic E-state index is 11.2. The number of hydrogen-bond donors (Lipinski definition) is 0. The molecule has 74 valence electrons. The van der Waals surface area contributed by atoms with Crippen LogP contribution in [0.25, 0.3) is 6.20 Å². The Bertz CT molecular complexity index is 417. The van der Waals surface area contributed by atoms with Crippen molar-refractivity contribution in [3.63, 3.8) is 0 Å². The molecule has 0 amide bonds. The van der Waals surface area contributed by atoms with Crippen molar-refractivity contribution in [1.82, 2.24) is 4.57 Å². The second kappa shape index (κ2) is 4.41. The first-order valence-corrected chi connectivity index (χ1v) is 4.09. The summed E-state index contributed by atoms with van der Waals surface area (Å²) in [5.41, 5.74) is 0.191. The van der Waals surface area contributed by atoms with Crippen molar-refractivity contribution in [3.05, 3.63) is 40.3 Å². The molecule has 14 heavy (non-hydrogen) atoms. The lowest BCUT2D eigenvalue weighted by Crippen LogP contribution is -2.14. The van der Waals surface area contributed by atoms with Crippen LogP contribution in [0.1, 0.15) is 6.92 Å². The molecular formula is C10H11NO3. The first kappa shape index (κ1) is 10.2. The summed E-state index contributed by atoms with van der Waals surface area (Å²) in [7, 11) is 1.30. The molecule has 1 rings (SSSR count). The van der Waals surface area contributed by atoms with E-state index in [9.17, 15) is 9.59 Å². The largest absolute Gasteiger partial charge is 0.466 e. The molecule has 1 aromatic heterocycles. The van der Waals surface area contributed by atoms with Gasteiger partial charge >= 0.3 is 5.97 Å². The molecule has 0 aromatic carbocycles. The standard InChI is InChI=1S/C10H11NO3/c1-8(10(13)14-2)7-11-6-4-3-5-9(11)12/h3-7H,1-2H3/b8-7-. The van der Waals surface area contributed by atoms with Gasteiger partial charge in [-0.05, 0) is 13.0 Å². The normalized spacial score (nSPS) is 11.1. The molecule has 0 fully saturated rings. The Kier molecular flexibility index (Phi) is 3.23. The minimum Gasteiger partial charge on any atom is -0.466 e. The third-order valence-corrected chi connectivity index (χ3v) is 1.69. The van der Waals surface area contributed by atoms with Crippen molar-refractivity contribution in [3.8, 4) is 0 Å². The Hall–Kier alpha value is -1.84. The van der Waals surface area contributed by atoms with E-state index >= 15 is 0 Å². The van der Waals surface area contributed by atoms with E-state index in [-0.39, 0.29) is 5.56 Å². The number of carbonyl (C=O) groups is 1. The number of pyridine rings is 1. The number of nitrogens with zero attached hydrogens (tertiary/aromatic N) is 1. The summed E-state index contributed by atoms with van der Waals surface area (Å²) < 4.78 is 5.83. The van der Waals surface area contributed by atoms with Crippen molar-refractivity contribution in [2.45, 2.75) is 6.92 Å². The van der Waals surface area contributed by atoms with Gasteiger partial charge in [-0.1, -0.05) is 6.07 Å². The molecule has 0 aliphatic heterocycles. The molecule has 0 spiro atoms. The predicted molar refractivity (Wildman–Crippen MR) is 52.7 cm³/mol. The molecular weight excluding hydrogens is 182 g/mol. The SMILES string of the molecule is COC(=O)/C(C)=C\n1ccccc1=O. The zero-order chi connectivity index (χ0) is 10.6. The van der Waals surface area contributed by atoms with Crippen molar-refractivity contribution in [2.24, 2.45) is 0 Å². The van der Waals surface area contributed by atoms with E-state index in [1.54, 1.807) is 25.3 Å². The smallest absolute Gasteiger partial charge is 0.334 e. The second-order valence-electron chi connectivity index (χ2n) is 2.75. The molecule has 4 heteroatoms. The molecule has 0 unspecified atom stereocenters. The number of ether oxygens (including phenoxy) is 1. The lowest BCUT2D eigenvalue weighted by atomic mass is 10.3. The number of carbonyl (C=O) groups excluding carboxylic acids is 1. The quantitative estimate of drug-likeness (QED) is 0.517. The average molecular weight is 193 g/mol. The van der Waals surface area contributed by atoms with E-state index < -0.39 is 5.97 Å². The van der Waals surface area contributed by atoms with Gasteiger partial charge in [0, 0.05) is 18.5 Å². The van der Waals surface area contributed by atoms with Crippen molar-refractivity contribution in [2.75, 3.05) is 7.11 Å². The molecule has 0 bridgehead atoms. The fourth-order valence-corrected chi connectivity index (χ4v) is 0.969. The van der Waals surface area contributed by atoms with Gasteiger partial charge in [0.1, 0.15) is 0 Å². The number of hydrogen-bond acceptors (Lipinski definition) is 3. The van der Waals surface area contributed by atoms with E-state index in [4.69, 9.17) is 0 Å². The molecule has 0 aliphatic rings. The van der Waals surface area contributed by atoms with Gasteiger partial charge in [0.15, 0.2) is 0 Å².